The summed E-state index contributed by atoms with van der Waals surface area (Å²) in [5, 5.41) is 2.72. The number of carbonyl (C=O) groups is 2. The summed E-state index contributed by atoms with van der Waals surface area (Å²) in [6.45, 7) is 12.2. The van der Waals surface area contributed by atoms with Crippen LogP contribution in [0.4, 0.5) is 0 Å². The van der Waals surface area contributed by atoms with E-state index in [1.807, 2.05) is 41.5 Å². The molecule has 0 spiro atoms. The highest BCUT2D eigenvalue weighted by Crippen LogP contribution is 2.12. The first kappa shape index (κ1) is 18.9. The smallest absolute Gasteiger partial charge is 0.329 e. The Morgan fingerprint density at radius 1 is 1.15 bits per heavy atom. The Kier molecular flexibility index (Phi) is 8.46. The number of carbonyl (C=O) groups excluding carboxylic acids is 2. The molecule has 0 saturated carbocycles. The highest BCUT2D eigenvalue weighted by Gasteiger charge is 2.28. The van der Waals surface area contributed by atoms with Crippen molar-refractivity contribution in [2.24, 2.45) is 5.92 Å². The average Bonchev–Trinajstić information content (AvgIpc) is 2.29. The Labute approximate surface area is 122 Å². The van der Waals surface area contributed by atoms with Crippen LogP contribution in [0, 0.1) is 5.92 Å². The minimum absolute atomic E-state index is 0.0228. The largest absolute Gasteiger partial charge is 0.458 e. The van der Waals surface area contributed by atoms with Gasteiger partial charge in [0.05, 0.1) is 6.61 Å². The van der Waals surface area contributed by atoms with Gasteiger partial charge in [-0.3, -0.25) is 4.79 Å². The molecule has 0 saturated heterocycles. The molecule has 0 aliphatic carbocycles. The van der Waals surface area contributed by atoms with Gasteiger partial charge in [-0.05, 0) is 33.1 Å². The summed E-state index contributed by atoms with van der Waals surface area (Å²) in [7, 11) is 0. The van der Waals surface area contributed by atoms with E-state index in [-0.39, 0.29) is 18.2 Å². The number of hydrogen-bond donors (Lipinski definition) is 1. The number of rotatable bonds is 8. The minimum atomic E-state index is -0.618. The van der Waals surface area contributed by atoms with Crippen LogP contribution in [0.15, 0.2) is 0 Å². The third kappa shape index (κ3) is 8.91. The lowest BCUT2D eigenvalue weighted by molar-refractivity contribution is -0.160. The van der Waals surface area contributed by atoms with Gasteiger partial charge >= 0.3 is 5.97 Å². The number of hydrogen-bond acceptors (Lipinski definition) is 4. The maximum atomic E-state index is 12.0. The van der Waals surface area contributed by atoms with Crippen molar-refractivity contribution >= 4 is 11.9 Å². The quantitative estimate of drug-likeness (QED) is 0.549. The van der Waals surface area contributed by atoms with Crippen LogP contribution in [-0.2, 0) is 19.1 Å². The minimum Gasteiger partial charge on any atom is -0.458 e. The average molecular weight is 287 g/mol. The summed E-state index contributed by atoms with van der Waals surface area (Å²) in [6.07, 6.45) is 1.18. The summed E-state index contributed by atoms with van der Waals surface area (Å²) >= 11 is 0. The highest BCUT2D eigenvalue weighted by atomic mass is 16.6. The second-order valence-corrected chi connectivity index (χ2v) is 6.19. The molecule has 0 heterocycles. The molecule has 5 heteroatoms. The molecule has 5 nitrogen and oxygen atoms in total. The molecule has 0 aromatic heterocycles. The van der Waals surface area contributed by atoms with E-state index in [9.17, 15) is 9.59 Å². The van der Waals surface area contributed by atoms with Crippen LogP contribution in [0.25, 0.3) is 0 Å². The van der Waals surface area contributed by atoms with E-state index in [0.717, 1.165) is 6.42 Å². The maximum absolute atomic E-state index is 12.0. The molecular formula is C15H29NO4. The van der Waals surface area contributed by atoms with Gasteiger partial charge in [-0.1, -0.05) is 20.8 Å². The molecule has 0 rings (SSSR count). The number of nitrogens with one attached hydrogen (secondary N) is 1. The van der Waals surface area contributed by atoms with Crippen molar-refractivity contribution in [1.29, 1.82) is 0 Å². The van der Waals surface area contributed by atoms with Gasteiger partial charge in [0.15, 0.2) is 0 Å². The van der Waals surface area contributed by atoms with E-state index in [2.05, 4.69) is 5.32 Å². The lowest BCUT2D eigenvalue weighted by Gasteiger charge is -2.26. The zero-order valence-corrected chi connectivity index (χ0v) is 13.6. The van der Waals surface area contributed by atoms with E-state index in [4.69, 9.17) is 9.47 Å². The van der Waals surface area contributed by atoms with Gasteiger partial charge in [0.1, 0.15) is 11.6 Å². The molecule has 0 unspecified atom stereocenters. The first-order chi connectivity index (χ1) is 9.17. The molecule has 20 heavy (non-hydrogen) atoms. The van der Waals surface area contributed by atoms with Crippen LogP contribution < -0.4 is 5.32 Å². The molecule has 0 aromatic carbocycles. The normalized spacial score (nSPS) is 13.2. The molecule has 0 radical (unpaired) electrons. The Morgan fingerprint density at radius 3 is 2.20 bits per heavy atom. The van der Waals surface area contributed by atoms with Gasteiger partial charge < -0.3 is 14.8 Å². The van der Waals surface area contributed by atoms with Gasteiger partial charge in [-0.25, -0.2) is 4.79 Å². The third-order valence-corrected chi connectivity index (χ3v) is 2.47. The topological polar surface area (TPSA) is 64.6 Å². The number of amides is 1. The van der Waals surface area contributed by atoms with Gasteiger partial charge in [0, 0.05) is 13.0 Å². The molecule has 0 fully saturated rings. The van der Waals surface area contributed by atoms with Crippen molar-refractivity contribution in [2.45, 2.75) is 66.0 Å². The van der Waals surface area contributed by atoms with Crippen molar-refractivity contribution in [3.05, 3.63) is 0 Å². The molecule has 1 N–H and O–H groups in total. The number of ether oxygens (including phenoxy) is 2. The Morgan fingerprint density at radius 2 is 1.75 bits per heavy atom. The van der Waals surface area contributed by atoms with Gasteiger partial charge in [-0.2, -0.15) is 0 Å². The van der Waals surface area contributed by atoms with Crippen LogP contribution in [-0.4, -0.2) is 36.7 Å². The van der Waals surface area contributed by atoms with Gasteiger partial charge in [0.25, 0.3) is 0 Å². The zero-order valence-electron chi connectivity index (χ0n) is 13.6. The summed E-state index contributed by atoms with van der Waals surface area (Å²) in [4.78, 5) is 23.8. The van der Waals surface area contributed by atoms with Crippen molar-refractivity contribution in [2.75, 3.05) is 13.2 Å². The second kappa shape index (κ2) is 8.95. The fourth-order valence-corrected chi connectivity index (χ4v) is 1.52. The first-order valence-corrected chi connectivity index (χ1v) is 7.27. The standard InChI is InChI=1S/C15H29NO4/c1-7-9-19-10-8-12(17)16-13(11(2)3)14(18)20-15(4,5)6/h11,13H,7-10H2,1-6H3,(H,16,17)/t13-/m1/s1. The molecule has 0 aromatic rings. The van der Waals surface area contributed by atoms with Crippen LogP contribution in [0.1, 0.15) is 54.4 Å². The fourth-order valence-electron chi connectivity index (χ4n) is 1.52. The second-order valence-electron chi connectivity index (χ2n) is 6.19. The first-order valence-electron chi connectivity index (χ1n) is 7.27. The summed E-state index contributed by atoms with van der Waals surface area (Å²) in [5.41, 5.74) is -0.556. The summed E-state index contributed by atoms with van der Waals surface area (Å²) in [5.74, 6) is -0.605. The maximum Gasteiger partial charge on any atom is 0.329 e. The van der Waals surface area contributed by atoms with E-state index in [1.54, 1.807) is 0 Å². The summed E-state index contributed by atoms with van der Waals surface area (Å²) in [6, 6.07) is -0.618. The molecule has 1 atom stereocenters. The summed E-state index contributed by atoms with van der Waals surface area (Å²) < 4.78 is 10.6. The van der Waals surface area contributed by atoms with E-state index < -0.39 is 17.6 Å². The van der Waals surface area contributed by atoms with Crippen molar-refractivity contribution in [3.63, 3.8) is 0 Å². The predicted molar refractivity (Wildman–Crippen MR) is 78.3 cm³/mol. The van der Waals surface area contributed by atoms with E-state index in [0.29, 0.717) is 13.2 Å². The molecule has 0 aliphatic heterocycles. The van der Waals surface area contributed by atoms with Crippen LogP contribution in [0.2, 0.25) is 0 Å². The van der Waals surface area contributed by atoms with Crippen LogP contribution in [0.5, 0.6) is 0 Å². The van der Waals surface area contributed by atoms with Crippen LogP contribution in [0.3, 0.4) is 0 Å². The van der Waals surface area contributed by atoms with E-state index in [1.165, 1.54) is 0 Å². The Balaban J connectivity index is 4.33. The Bertz CT molecular complexity index is 307. The van der Waals surface area contributed by atoms with Crippen molar-refractivity contribution in [3.8, 4) is 0 Å². The molecule has 0 bridgehead atoms. The lowest BCUT2D eigenvalue weighted by atomic mass is 10.0. The highest BCUT2D eigenvalue weighted by molar-refractivity contribution is 5.84. The zero-order chi connectivity index (χ0) is 15.8. The van der Waals surface area contributed by atoms with Crippen molar-refractivity contribution < 1.29 is 19.1 Å². The molecule has 1 amide bonds. The van der Waals surface area contributed by atoms with Crippen molar-refractivity contribution in [1.82, 2.24) is 5.32 Å². The predicted octanol–water partition coefficient (Wildman–Crippen LogP) is 2.29. The fraction of sp³-hybridized carbons (Fsp3) is 0.867. The molecule has 118 valence electrons. The molecule has 0 aliphatic rings. The van der Waals surface area contributed by atoms with Crippen LogP contribution >= 0.6 is 0 Å². The number of esters is 1. The molecular weight excluding hydrogens is 258 g/mol. The van der Waals surface area contributed by atoms with Gasteiger partial charge in [-0.15, -0.1) is 0 Å². The van der Waals surface area contributed by atoms with Gasteiger partial charge in [0.2, 0.25) is 5.91 Å². The lowest BCUT2D eigenvalue weighted by Crippen LogP contribution is -2.47. The third-order valence-electron chi connectivity index (χ3n) is 2.47. The van der Waals surface area contributed by atoms with E-state index >= 15 is 0 Å². The SMILES string of the molecule is CCCOCCC(=O)N[C@@H](C(=O)OC(C)(C)C)C(C)C. The monoisotopic (exact) mass is 287 g/mol. The Hall–Kier alpha value is -1.10.